The first kappa shape index (κ1) is 9.21. The van der Waals surface area contributed by atoms with Gasteiger partial charge in [0.05, 0.1) is 20.1 Å². The maximum atomic E-state index is 11.0. The summed E-state index contributed by atoms with van der Waals surface area (Å²) in [7, 11) is 1.40. The summed E-state index contributed by atoms with van der Waals surface area (Å²) < 4.78 is 9.73. The minimum atomic E-state index is -0.208. The zero-order chi connectivity index (χ0) is 9.97. The molecule has 1 aromatic rings. The van der Waals surface area contributed by atoms with Gasteiger partial charge in [0.2, 0.25) is 0 Å². The maximum absolute atomic E-state index is 11.0. The van der Waals surface area contributed by atoms with Gasteiger partial charge in [-0.1, -0.05) is 24.3 Å². The van der Waals surface area contributed by atoms with Gasteiger partial charge in [0.15, 0.2) is 0 Å². The van der Waals surface area contributed by atoms with Crippen LogP contribution in [0.25, 0.3) is 0 Å². The molecule has 0 radical (unpaired) electrons. The molecule has 0 bridgehead atoms. The Balaban J connectivity index is 2.02. The molecule has 2 rings (SSSR count). The zero-order valence-corrected chi connectivity index (χ0v) is 8.03. The highest BCUT2D eigenvalue weighted by Crippen LogP contribution is 2.29. The summed E-state index contributed by atoms with van der Waals surface area (Å²) in [5.74, 6) is -0.208. The Bertz CT molecular complexity index is 325. The number of hydrogen-bond acceptors (Lipinski definition) is 3. The Morgan fingerprint density at radius 3 is 2.64 bits per heavy atom. The molecule has 1 saturated heterocycles. The monoisotopic (exact) mass is 192 g/mol. The van der Waals surface area contributed by atoms with Gasteiger partial charge < -0.3 is 9.47 Å². The summed E-state index contributed by atoms with van der Waals surface area (Å²) in [4.78, 5) is 11.0. The molecule has 3 heteroatoms. The highest BCUT2D eigenvalue weighted by Gasteiger charge is 2.24. The summed E-state index contributed by atoms with van der Waals surface area (Å²) >= 11 is 0. The van der Waals surface area contributed by atoms with Crippen LogP contribution in [0, 0.1) is 0 Å². The van der Waals surface area contributed by atoms with Crippen molar-refractivity contribution in [3.8, 4) is 0 Å². The van der Waals surface area contributed by atoms with E-state index >= 15 is 0 Å². The van der Waals surface area contributed by atoms with Crippen LogP contribution in [0.1, 0.15) is 17.2 Å². The Morgan fingerprint density at radius 2 is 2.14 bits per heavy atom. The number of carbonyl (C=O) groups is 1. The van der Waals surface area contributed by atoms with Crippen molar-refractivity contribution < 1.29 is 14.3 Å². The van der Waals surface area contributed by atoms with E-state index in [0.717, 1.165) is 12.2 Å². The van der Waals surface area contributed by atoms with E-state index in [9.17, 15) is 4.79 Å². The number of esters is 1. The molecular formula is C11H12O3. The van der Waals surface area contributed by atoms with E-state index in [1.807, 2.05) is 24.3 Å². The first-order chi connectivity index (χ1) is 6.79. The molecule has 1 unspecified atom stereocenters. The molecule has 74 valence electrons. The van der Waals surface area contributed by atoms with Gasteiger partial charge in [-0.3, -0.25) is 4.79 Å². The van der Waals surface area contributed by atoms with Gasteiger partial charge in [0.1, 0.15) is 6.10 Å². The molecular weight excluding hydrogens is 180 g/mol. The first-order valence-electron chi connectivity index (χ1n) is 4.57. The molecule has 0 aliphatic carbocycles. The van der Waals surface area contributed by atoms with E-state index in [0.29, 0.717) is 6.42 Å². The lowest BCUT2D eigenvalue weighted by atomic mass is 10.1. The summed E-state index contributed by atoms with van der Waals surface area (Å²) in [5, 5.41) is 0. The lowest BCUT2D eigenvalue weighted by molar-refractivity contribution is -0.139. The fourth-order valence-electron chi connectivity index (χ4n) is 1.33. The van der Waals surface area contributed by atoms with Crippen molar-refractivity contribution in [1.82, 2.24) is 0 Å². The molecule has 1 heterocycles. The molecule has 0 spiro atoms. The third kappa shape index (κ3) is 2.12. The van der Waals surface area contributed by atoms with Crippen molar-refractivity contribution in [3.63, 3.8) is 0 Å². The van der Waals surface area contributed by atoms with Gasteiger partial charge in [-0.2, -0.15) is 0 Å². The minimum absolute atomic E-state index is 0.208. The summed E-state index contributed by atoms with van der Waals surface area (Å²) in [5.41, 5.74) is 2.15. The van der Waals surface area contributed by atoms with Crippen LogP contribution in [-0.4, -0.2) is 19.7 Å². The fourth-order valence-corrected chi connectivity index (χ4v) is 1.33. The topological polar surface area (TPSA) is 38.8 Å². The first-order valence-corrected chi connectivity index (χ1v) is 4.57. The van der Waals surface area contributed by atoms with Crippen molar-refractivity contribution in [2.45, 2.75) is 12.5 Å². The van der Waals surface area contributed by atoms with Crippen LogP contribution in [0.4, 0.5) is 0 Å². The number of ether oxygens (including phenoxy) is 2. The average Bonchev–Trinajstić information content (AvgIpc) is 3.02. The molecule has 1 aliphatic heterocycles. The van der Waals surface area contributed by atoms with E-state index < -0.39 is 0 Å². The molecule has 0 saturated carbocycles. The van der Waals surface area contributed by atoms with Gasteiger partial charge in [0, 0.05) is 0 Å². The Kier molecular flexibility index (Phi) is 2.50. The molecule has 1 fully saturated rings. The van der Waals surface area contributed by atoms with Crippen LogP contribution >= 0.6 is 0 Å². The number of methoxy groups -OCH3 is 1. The van der Waals surface area contributed by atoms with Crippen LogP contribution in [0.3, 0.4) is 0 Å². The van der Waals surface area contributed by atoms with Crippen molar-refractivity contribution in [1.29, 1.82) is 0 Å². The third-order valence-corrected chi connectivity index (χ3v) is 2.26. The number of carbonyl (C=O) groups excluding carboxylic acids is 1. The Hall–Kier alpha value is -1.35. The summed E-state index contributed by atoms with van der Waals surface area (Å²) in [6, 6.07) is 7.87. The quantitative estimate of drug-likeness (QED) is 0.537. The van der Waals surface area contributed by atoms with Crippen LogP contribution in [0.5, 0.6) is 0 Å². The van der Waals surface area contributed by atoms with Crippen LogP contribution in [0.2, 0.25) is 0 Å². The Morgan fingerprint density at radius 1 is 1.50 bits per heavy atom. The third-order valence-electron chi connectivity index (χ3n) is 2.26. The molecule has 0 amide bonds. The van der Waals surface area contributed by atoms with Crippen molar-refractivity contribution in [2.24, 2.45) is 0 Å². The highest BCUT2D eigenvalue weighted by atomic mass is 16.6. The second kappa shape index (κ2) is 3.80. The standard InChI is InChI=1S/C11H12O3/c1-13-11(12)6-8-2-4-9(5-3-8)10-7-14-10/h2-5,10H,6-7H2,1H3. The van der Waals surface area contributed by atoms with Crippen molar-refractivity contribution in [3.05, 3.63) is 35.4 Å². The average molecular weight is 192 g/mol. The van der Waals surface area contributed by atoms with Crippen LogP contribution in [0.15, 0.2) is 24.3 Å². The number of hydrogen-bond donors (Lipinski definition) is 0. The number of epoxide rings is 1. The largest absolute Gasteiger partial charge is 0.469 e. The van der Waals surface area contributed by atoms with Crippen LogP contribution in [-0.2, 0) is 20.7 Å². The summed E-state index contributed by atoms with van der Waals surface area (Å²) in [6.07, 6.45) is 0.615. The molecule has 14 heavy (non-hydrogen) atoms. The number of rotatable bonds is 3. The predicted molar refractivity (Wildman–Crippen MR) is 50.9 cm³/mol. The molecule has 1 aliphatic rings. The second-order valence-corrected chi connectivity index (χ2v) is 3.32. The van der Waals surface area contributed by atoms with Gasteiger partial charge in [-0.15, -0.1) is 0 Å². The smallest absolute Gasteiger partial charge is 0.309 e. The molecule has 0 aromatic heterocycles. The van der Waals surface area contributed by atoms with Crippen molar-refractivity contribution in [2.75, 3.05) is 13.7 Å². The normalized spacial score (nSPS) is 19.1. The van der Waals surface area contributed by atoms with Gasteiger partial charge in [-0.05, 0) is 11.1 Å². The maximum Gasteiger partial charge on any atom is 0.309 e. The molecule has 0 N–H and O–H groups in total. The van der Waals surface area contributed by atoms with E-state index in [4.69, 9.17) is 4.74 Å². The van der Waals surface area contributed by atoms with Crippen LogP contribution < -0.4 is 0 Å². The summed E-state index contributed by atoms with van der Waals surface area (Å²) in [6.45, 7) is 0.816. The number of benzene rings is 1. The van der Waals surface area contributed by atoms with Gasteiger partial charge in [-0.25, -0.2) is 0 Å². The lowest BCUT2D eigenvalue weighted by Gasteiger charge is -2.00. The van der Waals surface area contributed by atoms with E-state index in [1.54, 1.807) is 0 Å². The minimum Gasteiger partial charge on any atom is -0.469 e. The predicted octanol–water partition coefficient (Wildman–Crippen LogP) is 1.47. The van der Waals surface area contributed by atoms with Gasteiger partial charge in [0.25, 0.3) is 0 Å². The van der Waals surface area contributed by atoms with Crippen molar-refractivity contribution >= 4 is 5.97 Å². The SMILES string of the molecule is COC(=O)Cc1ccc(C2CO2)cc1. The fraction of sp³-hybridized carbons (Fsp3) is 0.364. The molecule has 1 aromatic carbocycles. The zero-order valence-electron chi connectivity index (χ0n) is 8.03. The second-order valence-electron chi connectivity index (χ2n) is 3.32. The highest BCUT2D eigenvalue weighted by molar-refractivity contribution is 5.72. The molecule has 3 nitrogen and oxygen atoms in total. The van der Waals surface area contributed by atoms with E-state index in [2.05, 4.69) is 4.74 Å². The van der Waals surface area contributed by atoms with Gasteiger partial charge >= 0.3 is 5.97 Å². The molecule has 1 atom stereocenters. The van der Waals surface area contributed by atoms with E-state index in [1.165, 1.54) is 12.7 Å². The lowest BCUT2D eigenvalue weighted by Crippen LogP contribution is -2.04. The Labute approximate surface area is 82.6 Å². The van der Waals surface area contributed by atoms with E-state index in [-0.39, 0.29) is 12.1 Å².